The van der Waals surface area contributed by atoms with Gasteiger partial charge in [-0.15, -0.1) is 0 Å². The molecule has 4 amide bonds. The molecular weight excluding hydrogens is 394 g/mol. The number of piperidine rings is 1. The summed E-state index contributed by atoms with van der Waals surface area (Å²) in [6, 6.07) is 4.33. The summed E-state index contributed by atoms with van der Waals surface area (Å²) >= 11 is 0. The third-order valence-electron chi connectivity index (χ3n) is 5.17. The first-order chi connectivity index (χ1) is 14.4. The zero-order chi connectivity index (χ0) is 21.7. The van der Waals surface area contributed by atoms with Crippen LogP contribution in [0.4, 0.5) is 10.5 Å². The Labute approximate surface area is 173 Å². The van der Waals surface area contributed by atoms with Crippen molar-refractivity contribution in [2.24, 2.45) is 0 Å². The van der Waals surface area contributed by atoms with Crippen molar-refractivity contribution in [3.63, 3.8) is 0 Å². The maximum atomic E-state index is 13.0. The van der Waals surface area contributed by atoms with Gasteiger partial charge in [0.05, 0.1) is 31.9 Å². The van der Waals surface area contributed by atoms with Crippen molar-refractivity contribution in [1.29, 1.82) is 0 Å². The molecule has 162 valence electrons. The number of urea groups is 1. The first-order valence-corrected chi connectivity index (χ1v) is 9.81. The lowest BCUT2D eigenvalue weighted by molar-refractivity contribution is -0.138. The van der Waals surface area contributed by atoms with E-state index in [2.05, 4.69) is 5.32 Å². The van der Waals surface area contributed by atoms with E-state index in [0.717, 1.165) is 0 Å². The number of nitrogens with one attached hydrogen (secondary N) is 1. The molecule has 0 bridgehead atoms. The molecule has 2 saturated heterocycles. The Morgan fingerprint density at radius 3 is 2.57 bits per heavy atom. The quantitative estimate of drug-likeness (QED) is 0.681. The molecule has 1 aromatic rings. The first kappa shape index (κ1) is 21.6. The van der Waals surface area contributed by atoms with Crippen LogP contribution in [0, 0.1) is 0 Å². The third-order valence-corrected chi connectivity index (χ3v) is 5.17. The number of methoxy groups -OCH3 is 1. The average Bonchev–Trinajstić information content (AvgIpc) is 2.73. The fourth-order valence-corrected chi connectivity index (χ4v) is 3.55. The van der Waals surface area contributed by atoms with Crippen molar-refractivity contribution in [1.82, 2.24) is 10.2 Å². The van der Waals surface area contributed by atoms with E-state index in [-0.39, 0.29) is 43.9 Å². The minimum Gasteiger partial charge on any atom is -0.495 e. The average molecular weight is 419 g/mol. The summed E-state index contributed by atoms with van der Waals surface area (Å²) in [6.07, 6.45) is 1.33. The third kappa shape index (κ3) is 5.07. The van der Waals surface area contributed by atoms with Gasteiger partial charge in [-0.05, 0) is 31.0 Å². The van der Waals surface area contributed by atoms with Crippen molar-refractivity contribution in [2.75, 3.05) is 38.3 Å². The number of carboxylic acid groups (broad SMARTS) is 1. The number of anilines is 1. The number of likely N-dealkylation sites (tertiary alicyclic amines) is 1. The summed E-state index contributed by atoms with van der Waals surface area (Å²) < 4.78 is 10.9. The molecule has 2 N–H and O–H groups in total. The van der Waals surface area contributed by atoms with Crippen LogP contribution < -0.4 is 15.0 Å². The normalized spacial score (nSPS) is 17.6. The summed E-state index contributed by atoms with van der Waals surface area (Å²) in [6.45, 7) is 1.36. The van der Waals surface area contributed by atoms with Gasteiger partial charge in [0.25, 0.3) is 5.91 Å². The van der Waals surface area contributed by atoms with Crippen LogP contribution in [0.1, 0.15) is 36.0 Å². The van der Waals surface area contributed by atoms with E-state index in [1.165, 1.54) is 12.0 Å². The molecule has 0 atom stereocenters. The zero-order valence-corrected chi connectivity index (χ0v) is 16.8. The first-order valence-electron chi connectivity index (χ1n) is 9.81. The molecule has 2 aliphatic heterocycles. The Bertz CT molecular complexity index is 834. The molecule has 0 saturated carbocycles. The Morgan fingerprint density at radius 2 is 1.93 bits per heavy atom. The molecule has 10 heteroatoms. The van der Waals surface area contributed by atoms with Crippen LogP contribution in [0.2, 0.25) is 0 Å². The molecule has 30 heavy (non-hydrogen) atoms. The second kappa shape index (κ2) is 9.57. The molecule has 0 unspecified atom stereocenters. The summed E-state index contributed by atoms with van der Waals surface area (Å²) in [5.41, 5.74) is 0.848. The van der Waals surface area contributed by atoms with Gasteiger partial charge in [0, 0.05) is 31.6 Å². The summed E-state index contributed by atoms with van der Waals surface area (Å²) in [5.74, 6) is -0.974. The number of carbonyl (C=O) groups is 4. The molecule has 0 radical (unpaired) electrons. The smallest absolute Gasteiger partial charge is 0.328 e. The predicted octanol–water partition coefficient (Wildman–Crippen LogP) is 1.24. The number of carbonyl (C=O) groups excluding carboxylic acids is 3. The number of amides is 4. The van der Waals surface area contributed by atoms with Gasteiger partial charge in [-0.1, -0.05) is 0 Å². The van der Waals surface area contributed by atoms with E-state index in [1.54, 1.807) is 23.1 Å². The number of nitrogens with zero attached hydrogens (tertiary/aromatic N) is 2. The van der Waals surface area contributed by atoms with Crippen LogP contribution >= 0.6 is 0 Å². The van der Waals surface area contributed by atoms with Crippen molar-refractivity contribution in [3.8, 4) is 5.75 Å². The highest BCUT2D eigenvalue weighted by Crippen LogP contribution is 2.31. The van der Waals surface area contributed by atoms with Crippen molar-refractivity contribution in [3.05, 3.63) is 23.8 Å². The number of ether oxygens (including phenoxy) is 2. The van der Waals surface area contributed by atoms with Gasteiger partial charge in [-0.3, -0.25) is 24.6 Å². The summed E-state index contributed by atoms with van der Waals surface area (Å²) in [4.78, 5) is 50.3. The van der Waals surface area contributed by atoms with E-state index >= 15 is 0 Å². The van der Waals surface area contributed by atoms with Crippen LogP contribution in [0.15, 0.2) is 18.2 Å². The highest BCUT2D eigenvalue weighted by molar-refractivity contribution is 6.07. The van der Waals surface area contributed by atoms with Gasteiger partial charge in [0.2, 0.25) is 5.91 Å². The second-order valence-electron chi connectivity index (χ2n) is 7.15. The van der Waals surface area contributed by atoms with Crippen LogP contribution in [-0.2, 0) is 14.3 Å². The fraction of sp³-hybridized carbons (Fsp3) is 0.500. The topological polar surface area (TPSA) is 125 Å². The van der Waals surface area contributed by atoms with Crippen LogP contribution in [0.3, 0.4) is 0 Å². The van der Waals surface area contributed by atoms with Crippen molar-refractivity contribution in [2.45, 2.75) is 31.8 Å². The van der Waals surface area contributed by atoms with Crippen LogP contribution in [0.5, 0.6) is 5.75 Å². The lowest BCUT2D eigenvalue weighted by Gasteiger charge is -2.32. The monoisotopic (exact) mass is 419 g/mol. The molecule has 10 nitrogen and oxygen atoms in total. The molecular formula is C20H25N3O7. The summed E-state index contributed by atoms with van der Waals surface area (Å²) in [7, 11) is 1.47. The van der Waals surface area contributed by atoms with E-state index in [9.17, 15) is 19.2 Å². The lowest BCUT2D eigenvalue weighted by atomic mass is 10.1. The van der Waals surface area contributed by atoms with Gasteiger partial charge >= 0.3 is 12.0 Å². The minimum atomic E-state index is -0.898. The maximum absolute atomic E-state index is 13.0. The molecule has 1 aromatic carbocycles. The lowest BCUT2D eigenvalue weighted by Crippen LogP contribution is -2.49. The molecule has 2 aliphatic rings. The molecule has 0 aliphatic carbocycles. The van der Waals surface area contributed by atoms with E-state index < -0.39 is 12.0 Å². The number of benzene rings is 1. The SMILES string of the molecule is COc1ccc(C(=O)N2CCC(OCCC(=O)O)CC2)cc1N1CCC(=O)NC1=O. The van der Waals surface area contributed by atoms with Gasteiger partial charge in [-0.25, -0.2) is 4.79 Å². The molecule has 3 rings (SSSR count). The van der Waals surface area contributed by atoms with Gasteiger partial charge in [-0.2, -0.15) is 0 Å². The molecule has 2 heterocycles. The van der Waals surface area contributed by atoms with Crippen LogP contribution in [-0.4, -0.2) is 73.3 Å². The Hall–Kier alpha value is -3.14. The number of rotatable bonds is 7. The van der Waals surface area contributed by atoms with E-state index in [4.69, 9.17) is 14.6 Å². The van der Waals surface area contributed by atoms with Crippen LogP contribution in [0.25, 0.3) is 0 Å². The maximum Gasteiger partial charge on any atom is 0.328 e. The van der Waals surface area contributed by atoms with Crippen molar-refractivity contribution >= 4 is 29.5 Å². The predicted molar refractivity (Wildman–Crippen MR) is 106 cm³/mol. The van der Waals surface area contributed by atoms with Crippen molar-refractivity contribution < 1.29 is 33.8 Å². The molecule has 2 fully saturated rings. The molecule has 0 spiro atoms. The number of hydrogen-bond donors (Lipinski definition) is 2. The zero-order valence-electron chi connectivity index (χ0n) is 16.8. The Morgan fingerprint density at radius 1 is 1.20 bits per heavy atom. The van der Waals surface area contributed by atoms with Gasteiger partial charge < -0.3 is 19.5 Å². The fourth-order valence-electron chi connectivity index (χ4n) is 3.55. The number of carboxylic acids is 1. The van der Waals surface area contributed by atoms with Gasteiger partial charge in [0.1, 0.15) is 5.75 Å². The minimum absolute atomic E-state index is 0.0382. The Kier molecular flexibility index (Phi) is 6.88. The van der Waals surface area contributed by atoms with E-state index in [0.29, 0.717) is 42.9 Å². The summed E-state index contributed by atoms with van der Waals surface area (Å²) in [5, 5.41) is 10.9. The number of imide groups is 1. The second-order valence-corrected chi connectivity index (χ2v) is 7.15. The number of hydrogen-bond acceptors (Lipinski definition) is 6. The molecule has 0 aromatic heterocycles. The highest BCUT2D eigenvalue weighted by Gasteiger charge is 2.29. The highest BCUT2D eigenvalue weighted by atomic mass is 16.5. The standard InChI is InChI=1S/C20H25N3O7/c1-29-16-3-2-13(12-15(16)23-10-6-17(24)21-20(23)28)19(27)22-8-4-14(5-9-22)30-11-7-18(25)26/h2-3,12,14H,4-11H2,1H3,(H,25,26)(H,21,24,28). The Balaban J connectivity index is 1.66. The van der Waals surface area contributed by atoms with E-state index in [1.807, 2.05) is 0 Å². The number of aliphatic carboxylic acids is 1. The largest absolute Gasteiger partial charge is 0.495 e. The van der Waals surface area contributed by atoms with Gasteiger partial charge in [0.15, 0.2) is 0 Å².